The van der Waals surface area contributed by atoms with Crippen LogP contribution in [0.5, 0.6) is 0 Å². The molecule has 2 aromatic carbocycles. The Labute approximate surface area is 107 Å². The summed E-state index contributed by atoms with van der Waals surface area (Å²) in [6, 6.07) is 15.5. The molecule has 2 heteroatoms. The van der Waals surface area contributed by atoms with Crippen molar-refractivity contribution in [3.05, 3.63) is 65.2 Å². The Morgan fingerprint density at radius 1 is 1.00 bits per heavy atom. The lowest BCUT2D eigenvalue weighted by molar-refractivity contribution is 0.101. The molecule has 0 heterocycles. The van der Waals surface area contributed by atoms with Gasteiger partial charge in [0, 0.05) is 11.8 Å². The standard InChI is InChI=1S/C16H15NO/c1-12-3-9-16(10-4-12)17-11-14-5-7-15(8-6-14)13(2)18/h3-11H,1-2H3. The Balaban J connectivity index is 2.13. The van der Waals surface area contributed by atoms with Gasteiger partial charge in [-0.15, -0.1) is 0 Å². The van der Waals surface area contributed by atoms with E-state index in [1.165, 1.54) is 5.56 Å². The third-order valence-electron chi connectivity index (χ3n) is 2.71. The van der Waals surface area contributed by atoms with E-state index in [0.29, 0.717) is 0 Å². The summed E-state index contributed by atoms with van der Waals surface area (Å²) in [7, 11) is 0. The van der Waals surface area contributed by atoms with Crippen molar-refractivity contribution in [1.29, 1.82) is 0 Å². The molecule has 0 aromatic heterocycles. The fraction of sp³-hybridized carbons (Fsp3) is 0.125. The molecule has 0 aliphatic rings. The number of hydrogen-bond acceptors (Lipinski definition) is 2. The molecule has 0 spiro atoms. The average Bonchev–Trinajstić information content (AvgIpc) is 2.38. The molecular formula is C16H15NO. The van der Waals surface area contributed by atoms with Crippen LogP contribution < -0.4 is 0 Å². The summed E-state index contributed by atoms with van der Waals surface area (Å²) < 4.78 is 0. The molecule has 2 rings (SSSR count). The van der Waals surface area contributed by atoms with Crippen molar-refractivity contribution in [1.82, 2.24) is 0 Å². The van der Waals surface area contributed by atoms with Crippen molar-refractivity contribution in [2.75, 3.05) is 0 Å². The third kappa shape index (κ3) is 3.14. The lowest BCUT2D eigenvalue weighted by Crippen LogP contribution is -1.91. The molecular weight excluding hydrogens is 222 g/mol. The number of aryl methyl sites for hydroxylation is 1. The quantitative estimate of drug-likeness (QED) is 0.587. The van der Waals surface area contributed by atoms with Gasteiger partial charge < -0.3 is 0 Å². The monoisotopic (exact) mass is 237 g/mol. The summed E-state index contributed by atoms with van der Waals surface area (Å²) in [6.45, 7) is 3.61. The van der Waals surface area contributed by atoms with Crippen LogP contribution >= 0.6 is 0 Å². The lowest BCUT2D eigenvalue weighted by Gasteiger charge is -1.97. The highest BCUT2D eigenvalue weighted by atomic mass is 16.1. The van der Waals surface area contributed by atoms with Crippen LogP contribution in [0.25, 0.3) is 0 Å². The first-order valence-electron chi connectivity index (χ1n) is 5.87. The number of ketones is 1. The zero-order valence-electron chi connectivity index (χ0n) is 10.6. The summed E-state index contributed by atoms with van der Waals surface area (Å²) in [6.07, 6.45) is 1.80. The van der Waals surface area contributed by atoms with Gasteiger partial charge in [0.05, 0.1) is 5.69 Å². The van der Waals surface area contributed by atoms with Crippen LogP contribution in [0.3, 0.4) is 0 Å². The number of carbonyl (C=O) groups excluding carboxylic acids is 1. The first kappa shape index (κ1) is 12.2. The van der Waals surface area contributed by atoms with Crippen molar-refractivity contribution in [3.63, 3.8) is 0 Å². The maximum absolute atomic E-state index is 11.1. The molecule has 0 unspecified atom stereocenters. The van der Waals surface area contributed by atoms with Crippen LogP contribution in [0.2, 0.25) is 0 Å². The fourth-order valence-electron chi connectivity index (χ4n) is 1.58. The second kappa shape index (κ2) is 5.41. The fourth-order valence-corrected chi connectivity index (χ4v) is 1.58. The normalized spacial score (nSPS) is 10.8. The summed E-state index contributed by atoms with van der Waals surface area (Å²) in [5.41, 5.74) is 3.86. The van der Waals surface area contributed by atoms with Crippen molar-refractivity contribution < 1.29 is 4.79 Å². The molecule has 0 saturated carbocycles. The topological polar surface area (TPSA) is 29.4 Å². The van der Waals surface area contributed by atoms with E-state index in [2.05, 4.69) is 4.99 Å². The molecule has 2 aromatic rings. The average molecular weight is 237 g/mol. The van der Waals surface area contributed by atoms with E-state index in [-0.39, 0.29) is 5.78 Å². The van der Waals surface area contributed by atoms with Gasteiger partial charge in [0.25, 0.3) is 0 Å². The molecule has 0 amide bonds. The minimum absolute atomic E-state index is 0.0806. The van der Waals surface area contributed by atoms with E-state index >= 15 is 0 Å². The highest BCUT2D eigenvalue weighted by Crippen LogP contribution is 2.12. The number of benzene rings is 2. The largest absolute Gasteiger partial charge is 0.295 e. The van der Waals surface area contributed by atoms with Gasteiger partial charge in [-0.3, -0.25) is 9.79 Å². The molecule has 0 saturated heterocycles. The Bertz CT molecular complexity index is 565. The number of carbonyl (C=O) groups is 1. The van der Waals surface area contributed by atoms with E-state index in [1.54, 1.807) is 13.1 Å². The van der Waals surface area contributed by atoms with Crippen LogP contribution in [-0.2, 0) is 0 Å². The smallest absolute Gasteiger partial charge is 0.159 e. The number of aliphatic imine (C=N–C) groups is 1. The van der Waals surface area contributed by atoms with Crippen LogP contribution in [0.4, 0.5) is 5.69 Å². The summed E-state index contributed by atoms with van der Waals surface area (Å²) >= 11 is 0. The summed E-state index contributed by atoms with van der Waals surface area (Å²) in [5.74, 6) is 0.0806. The predicted octanol–water partition coefficient (Wildman–Crippen LogP) is 3.95. The van der Waals surface area contributed by atoms with Crippen LogP contribution in [0.15, 0.2) is 53.5 Å². The Hall–Kier alpha value is -2.22. The maximum atomic E-state index is 11.1. The van der Waals surface area contributed by atoms with Crippen LogP contribution in [0, 0.1) is 6.92 Å². The number of rotatable bonds is 3. The Kier molecular flexibility index (Phi) is 3.68. The highest BCUT2D eigenvalue weighted by Gasteiger charge is 1.97. The molecule has 0 atom stereocenters. The molecule has 0 aliphatic heterocycles. The van der Waals surface area contributed by atoms with E-state index in [4.69, 9.17) is 0 Å². The molecule has 2 nitrogen and oxygen atoms in total. The number of hydrogen-bond donors (Lipinski definition) is 0. The second-order valence-electron chi connectivity index (χ2n) is 4.27. The molecule has 90 valence electrons. The molecule has 0 fully saturated rings. The second-order valence-corrected chi connectivity index (χ2v) is 4.27. The molecule has 0 radical (unpaired) electrons. The van der Waals surface area contributed by atoms with Gasteiger partial charge in [0.1, 0.15) is 0 Å². The van der Waals surface area contributed by atoms with Crippen molar-refractivity contribution in [2.45, 2.75) is 13.8 Å². The SMILES string of the molecule is CC(=O)c1ccc(C=Nc2ccc(C)cc2)cc1. The van der Waals surface area contributed by atoms with E-state index in [0.717, 1.165) is 16.8 Å². The van der Waals surface area contributed by atoms with E-state index < -0.39 is 0 Å². The zero-order valence-corrected chi connectivity index (χ0v) is 10.6. The van der Waals surface area contributed by atoms with Crippen molar-refractivity contribution in [3.8, 4) is 0 Å². The van der Waals surface area contributed by atoms with Gasteiger partial charge in [-0.1, -0.05) is 42.0 Å². The van der Waals surface area contributed by atoms with Crippen molar-refractivity contribution in [2.24, 2.45) is 4.99 Å². The van der Waals surface area contributed by atoms with Gasteiger partial charge in [0.2, 0.25) is 0 Å². The molecule has 0 aliphatic carbocycles. The van der Waals surface area contributed by atoms with Crippen LogP contribution in [0.1, 0.15) is 28.4 Å². The summed E-state index contributed by atoms with van der Waals surface area (Å²) in [4.78, 5) is 15.5. The molecule has 18 heavy (non-hydrogen) atoms. The van der Waals surface area contributed by atoms with Gasteiger partial charge >= 0.3 is 0 Å². The molecule has 0 bridgehead atoms. The van der Waals surface area contributed by atoms with Crippen LogP contribution in [-0.4, -0.2) is 12.0 Å². The third-order valence-corrected chi connectivity index (χ3v) is 2.71. The number of nitrogens with zero attached hydrogens (tertiary/aromatic N) is 1. The maximum Gasteiger partial charge on any atom is 0.159 e. The minimum Gasteiger partial charge on any atom is -0.295 e. The lowest BCUT2D eigenvalue weighted by atomic mass is 10.1. The highest BCUT2D eigenvalue weighted by molar-refractivity contribution is 5.95. The van der Waals surface area contributed by atoms with Gasteiger partial charge in [-0.25, -0.2) is 0 Å². The van der Waals surface area contributed by atoms with Gasteiger partial charge in [-0.2, -0.15) is 0 Å². The van der Waals surface area contributed by atoms with Gasteiger partial charge in [-0.05, 0) is 31.5 Å². The molecule has 0 N–H and O–H groups in total. The Morgan fingerprint density at radius 2 is 1.61 bits per heavy atom. The number of Topliss-reactive ketones (excluding diaryl/α,β-unsaturated/α-hetero) is 1. The van der Waals surface area contributed by atoms with E-state index in [1.807, 2.05) is 55.5 Å². The minimum atomic E-state index is 0.0806. The van der Waals surface area contributed by atoms with E-state index in [9.17, 15) is 4.79 Å². The predicted molar refractivity (Wildman–Crippen MR) is 74.9 cm³/mol. The first-order chi connectivity index (χ1) is 8.65. The van der Waals surface area contributed by atoms with Crippen molar-refractivity contribution >= 4 is 17.7 Å². The van der Waals surface area contributed by atoms with Gasteiger partial charge in [0.15, 0.2) is 5.78 Å². The summed E-state index contributed by atoms with van der Waals surface area (Å²) in [5, 5.41) is 0. The first-order valence-corrected chi connectivity index (χ1v) is 5.87. The Morgan fingerprint density at radius 3 is 2.17 bits per heavy atom. The zero-order chi connectivity index (χ0) is 13.0.